The van der Waals surface area contributed by atoms with Crippen molar-refractivity contribution in [2.75, 3.05) is 6.61 Å². The van der Waals surface area contributed by atoms with Crippen molar-refractivity contribution in [3.05, 3.63) is 64.4 Å². The molecule has 2 aromatic rings. The van der Waals surface area contributed by atoms with E-state index in [1.807, 2.05) is 12.1 Å². The number of nitrogens with one attached hydrogen (secondary N) is 1. The van der Waals surface area contributed by atoms with Crippen LogP contribution < -0.4 is 5.32 Å². The van der Waals surface area contributed by atoms with Gasteiger partial charge in [0.1, 0.15) is 6.61 Å². The van der Waals surface area contributed by atoms with Gasteiger partial charge in [0.15, 0.2) is 0 Å². The molecule has 1 aromatic heterocycles. The number of aliphatic hydroxyl groups excluding tert-OH is 1. The third-order valence-corrected chi connectivity index (χ3v) is 3.05. The van der Waals surface area contributed by atoms with Crippen molar-refractivity contribution in [1.82, 2.24) is 10.3 Å². The molecule has 2 N–H and O–H groups in total. The second-order valence-electron chi connectivity index (χ2n) is 4.19. The molecule has 106 valence electrons. The Labute approximate surface area is 127 Å². The van der Waals surface area contributed by atoms with Gasteiger partial charge < -0.3 is 10.4 Å². The number of hydrogen-bond donors (Lipinski definition) is 2. The second-order valence-corrected chi connectivity index (χ2v) is 4.60. The molecule has 0 saturated carbocycles. The number of nitrogens with zero attached hydrogens (tertiary/aromatic N) is 1. The third-order valence-electron chi connectivity index (χ3n) is 2.74. The van der Waals surface area contributed by atoms with Crippen LogP contribution >= 0.6 is 11.6 Å². The van der Waals surface area contributed by atoms with Crippen molar-refractivity contribution in [2.24, 2.45) is 0 Å². The summed E-state index contributed by atoms with van der Waals surface area (Å²) < 4.78 is 0. The third kappa shape index (κ3) is 4.32. The van der Waals surface area contributed by atoms with Crippen LogP contribution in [0.5, 0.6) is 0 Å². The van der Waals surface area contributed by atoms with E-state index in [-0.39, 0.29) is 12.5 Å². The first-order valence-corrected chi connectivity index (χ1v) is 6.65. The van der Waals surface area contributed by atoms with Crippen LogP contribution in [0.15, 0.2) is 42.7 Å². The van der Waals surface area contributed by atoms with Gasteiger partial charge in [0.05, 0.1) is 5.02 Å². The lowest BCUT2D eigenvalue weighted by atomic mass is 10.1. The highest BCUT2D eigenvalue weighted by atomic mass is 35.5. The van der Waals surface area contributed by atoms with Crippen LogP contribution in [-0.2, 0) is 6.54 Å². The minimum atomic E-state index is -0.232. The van der Waals surface area contributed by atoms with Gasteiger partial charge in [0, 0.05) is 30.1 Å². The lowest BCUT2D eigenvalue weighted by molar-refractivity contribution is 0.0951. The molecule has 0 fully saturated rings. The van der Waals surface area contributed by atoms with Crippen molar-refractivity contribution in [1.29, 1.82) is 0 Å². The Morgan fingerprint density at radius 3 is 2.71 bits per heavy atom. The molecule has 0 saturated heterocycles. The van der Waals surface area contributed by atoms with Crippen molar-refractivity contribution >= 4 is 17.5 Å². The maximum atomic E-state index is 12.0. The van der Waals surface area contributed by atoms with Crippen LogP contribution in [0, 0.1) is 11.8 Å². The topological polar surface area (TPSA) is 62.2 Å². The number of aliphatic hydroxyl groups is 1. The van der Waals surface area contributed by atoms with E-state index in [4.69, 9.17) is 16.7 Å². The zero-order valence-corrected chi connectivity index (χ0v) is 11.9. The Morgan fingerprint density at radius 1 is 1.29 bits per heavy atom. The summed E-state index contributed by atoms with van der Waals surface area (Å²) >= 11 is 6.05. The van der Waals surface area contributed by atoms with E-state index in [1.54, 1.807) is 30.6 Å². The molecule has 0 aliphatic carbocycles. The maximum absolute atomic E-state index is 12.0. The summed E-state index contributed by atoms with van der Waals surface area (Å²) in [6.07, 6.45) is 3.35. The quantitative estimate of drug-likeness (QED) is 0.852. The Bertz CT molecular complexity index is 690. The Balaban J connectivity index is 2.04. The summed E-state index contributed by atoms with van der Waals surface area (Å²) in [5.74, 6) is 5.02. The number of amides is 1. The van der Waals surface area contributed by atoms with E-state index in [9.17, 15) is 4.79 Å². The SMILES string of the molecule is O=C(NCc1ccncc1)c1ccc(C#CCO)c(Cl)c1. The monoisotopic (exact) mass is 300 g/mol. The first-order chi connectivity index (χ1) is 10.2. The van der Waals surface area contributed by atoms with Gasteiger partial charge in [-0.2, -0.15) is 0 Å². The highest BCUT2D eigenvalue weighted by Crippen LogP contribution is 2.17. The molecule has 0 aliphatic heterocycles. The van der Waals surface area contributed by atoms with Gasteiger partial charge in [-0.3, -0.25) is 9.78 Å². The molecular weight excluding hydrogens is 288 g/mol. The summed E-state index contributed by atoms with van der Waals surface area (Å²) in [5.41, 5.74) is 2.01. The summed E-state index contributed by atoms with van der Waals surface area (Å²) in [7, 11) is 0. The zero-order chi connectivity index (χ0) is 15.1. The van der Waals surface area contributed by atoms with E-state index >= 15 is 0 Å². The smallest absolute Gasteiger partial charge is 0.251 e. The molecule has 5 heteroatoms. The lowest BCUT2D eigenvalue weighted by Crippen LogP contribution is -2.22. The highest BCUT2D eigenvalue weighted by Gasteiger charge is 2.07. The van der Waals surface area contributed by atoms with Crippen LogP contribution in [0.3, 0.4) is 0 Å². The van der Waals surface area contributed by atoms with Gasteiger partial charge in [0.25, 0.3) is 5.91 Å². The van der Waals surface area contributed by atoms with Gasteiger partial charge >= 0.3 is 0 Å². The fourth-order valence-corrected chi connectivity index (χ4v) is 1.91. The van der Waals surface area contributed by atoms with Gasteiger partial charge in [-0.15, -0.1) is 0 Å². The first kappa shape index (κ1) is 15.0. The molecule has 0 bridgehead atoms. The Hall–Kier alpha value is -2.35. The van der Waals surface area contributed by atoms with Crippen LogP contribution in [-0.4, -0.2) is 22.6 Å². The molecule has 1 aromatic carbocycles. The number of pyridine rings is 1. The molecule has 0 aliphatic rings. The first-order valence-electron chi connectivity index (χ1n) is 6.27. The number of halogens is 1. The van der Waals surface area contributed by atoms with Crippen LogP contribution in [0.4, 0.5) is 0 Å². The predicted octanol–water partition coefficient (Wildman–Crippen LogP) is 2.01. The Kier molecular flexibility index (Phi) is 5.33. The van der Waals surface area contributed by atoms with E-state index in [2.05, 4.69) is 22.1 Å². The van der Waals surface area contributed by atoms with E-state index in [1.165, 1.54) is 0 Å². The molecule has 0 atom stereocenters. The van der Waals surface area contributed by atoms with Crippen molar-refractivity contribution < 1.29 is 9.90 Å². The summed E-state index contributed by atoms with van der Waals surface area (Å²) in [6.45, 7) is 0.190. The molecule has 4 nitrogen and oxygen atoms in total. The summed E-state index contributed by atoms with van der Waals surface area (Å²) in [6, 6.07) is 8.54. The van der Waals surface area contributed by atoms with Crippen molar-refractivity contribution in [3.8, 4) is 11.8 Å². The largest absolute Gasteiger partial charge is 0.384 e. The van der Waals surface area contributed by atoms with Crippen LogP contribution in [0.1, 0.15) is 21.5 Å². The highest BCUT2D eigenvalue weighted by molar-refractivity contribution is 6.32. The van der Waals surface area contributed by atoms with Crippen molar-refractivity contribution in [3.63, 3.8) is 0 Å². The minimum Gasteiger partial charge on any atom is -0.384 e. The fraction of sp³-hybridized carbons (Fsp3) is 0.125. The fourth-order valence-electron chi connectivity index (χ4n) is 1.68. The molecule has 0 unspecified atom stereocenters. The number of benzene rings is 1. The lowest BCUT2D eigenvalue weighted by Gasteiger charge is -2.06. The van der Waals surface area contributed by atoms with Gasteiger partial charge in [0.2, 0.25) is 0 Å². The molecular formula is C16H13ClN2O2. The molecule has 0 radical (unpaired) electrons. The zero-order valence-electron chi connectivity index (χ0n) is 11.1. The van der Waals surface area contributed by atoms with E-state index in [0.717, 1.165) is 5.56 Å². The molecule has 1 heterocycles. The van der Waals surface area contributed by atoms with Gasteiger partial charge in [-0.1, -0.05) is 23.4 Å². The molecule has 21 heavy (non-hydrogen) atoms. The minimum absolute atomic E-state index is 0.213. The number of rotatable bonds is 3. The average Bonchev–Trinajstić information content (AvgIpc) is 2.52. The van der Waals surface area contributed by atoms with Crippen molar-refractivity contribution in [2.45, 2.75) is 6.54 Å². The molecule has 2 rings (SSSR count). The Morgan fingerprint density at radius 2 is 2.05 bits per heavy atom. The number of aromatic nitrogens is 1. The predicted molar refractivity (Wildman–Crippen MR) is 80.8 cm³/mol. The maximum Gasteiger partial charge on any atom is 0.251 e. The standard InChI is InChI=1S/C16H13ClN2O2/c17-15-10-14(4-3-13(15)2-1-9-20)16(21)19-11-12-5-7-18-8-6-12/h3-8,10,20H,9,11H2,(H,19,21). The van der Waals surface area contributed by atoms with E-state index in [0.29, 0.717) is 22.7 Å². The van der Waals surface area contributed by atoms with E-state index < -0.39 is 0 Å². The number of carbonyl (C=O) groups excluding carboxylic acids is 1. The molecule has 1 amide bonds. The summed E-state index contributed by atoms with van der Waals surface area (Å²) in [5, 5.41) is 11.8. The number of carbonyl (C=O) groups is 1. The van der Waals surface area contributed by atoms with Crippen LogP contribution in [0.2, 0.25) is 5.02 Å². The summed E-state index contributed by atoms with van der Waals surface area (Å²) in [4.78, 5) is 15.9. The average molecular weight is 301 g/mol. The van der Waals surface area contributed by atoms with Crippen LogP contribution in [0.25, 0.3) is 0 Å². The van der Waals surface area contributed by atoms with Gasteiger partial charge in [-0.25, -0.2) is 0 Å². The normalized spacial score (nSPS) is 9.62. The second kappa shape index (κ2) is 7.44. The number of hydrogen-bond acceptors (Lipinski definition) is 3. The van der Waals surface area contributed by atoms with Gasteiger partial charge in [-0.05, 0) is 35.9 Å². The molecule has 0 spiro atoms.